The van der Waals surface area contributed by atoms with Crippen molar-refractivity contribution in [1.82, 2.24) is 19.7 Å². The van der Waals surface area contributed by atoms with Crippen LogP contribution in [0.3, 0.4) is 0 Å². The Balaban J connectivity index is 1.66. The summed E-state index contributed by atoms with van der Waals surface area (Å²) in [6.07, 6.45) is 6.21. The lowest BCUT2D eigenvalue weighted by molar-refractivity contribution is 0.478. The number of nitrogens with zero attached hydrogens (tertiary/aromatic N) is 3. The summed E-state index contributed by atoms with van der Waals surface area (Å²) >= 11 is 5.94. The molecule has 1 fully saturated rings. The molecule has 1 saturated carbocycles. The van der Waals surface area contributed by atoms with Gasteiger partial charge < -0.3 is 5.32 Å². The average molecular weight is 358 g/mol. The van der Waals surface area contributed by atoms with E-state index in [0.29, 0.717) is 28.0 Å². The van der Waals surface area contributed by atoms with Crippen molar-refractivity contribution in [2.75, 3.05) is 5.32 Å². The molecule has 0 bridgehead atoms. The van der Waals surface area contributed by atoms with E-state index in [0.717, 1.165) is 18.4 Å². The van der Waals surface area contributed by atoms with E-state index < -0.39 is 0 Å². The minimum absolute atomic E-state index is 0.0132. The lowest BCUT2D eigenvalue weighted by Gasteiger charge is -2.15. The second-order valence-electron chi connectivity index (χ2n) is 6.60. The van der Waals surface area contributed by atoms with Gasteiger partial charge >= 0.3 is 0 Å². The van der Waals surface area contributed by atoms with Gasteiger partial charge in [0.15, 0.2) is 5.65 Å². The summed E-state index contributed by atoms with van der Waals surface area (Å²) in [6.45, 7) is 2.02. The molecule has 6 nitrogen and oxygen atoms in total. The molecule has 0 aliphatic heterocycles. The molecule has 1 aliphatic rings. The summed E-state index contributed by atoms with van der Waals surface area (Å²) in [6, 6.07) is 7.94. The smallest absolute Gasteiger partial charge is 0.263 e. The van der Waals surface area contributed by atoms with Gasteiger partial charge in [0.1, 0.15) is 5.39 Å². The molecule has 2 heterocycles. The zero-order valence-corrected chi connectivity index (χ0v) is 14.8. The van der Waals surface area contributed by atoms with E-state index in [1.54, 1.807) is 6.20 Å². The normalized spacial score (nSPS) is 16.4. The first kappa shape index (κ1) is 16.1. The summed E-state index contributed by atoms with van der Waals surface area (Å²) < 4.78 is 1.91. The predicted molar refractivity (Wildman–Crippen MR) is 99.1 cm³/mol. The van der Waals surface area contributed by atoms with E-state index in [1.165, 1.54) is 12.8 Å². The molecule has 4 rings (SSSR count). The third kappa shape index (κ3) is 3.14. The second-order valence-corrected chi connectivity index (χ2v) is 7.03. The number of fused-ring (bicyclic) bond motifs is 1. The monoisotopic (exact) mass is 357 g/mol. The molecule has 1 aromatic carbocycles. The van der Waals surface area contributed by atoms with Crippen LogP contribution < -0.4 is 10.9 Å². The van der Waals surface area contributed by atoms with Crippen LogP contribution in [0.1, 0.15) is 50.3 Å². The van der Waals surface area contributed by atoms with Crippen LogP contribution in [0.4, 0.5) is 5.95 Å². The molecule has 0 amide bonds. The van der Waals surface area contributed by atoms with Gasteiger partial charge in [0, 0.05) is 5.02 Å². The Morgan fingerprint density at radius 3 is 2.72 bits per heavy atom. The molecule has 0 spiro atoms. The molecule has 1 aliphatic carbocycles. The Bertz CT molecular complexity index is 940. The molecule has 3 aromatic rings. The standard InChI is InChI=1S/C18H20ClN5O/c1-11(12-6-8-13(19)9-7-12)21-18-22-16-15(17(25)23-18)10-20-24(16)14-4-2-3-5-14/h6-11,14H,2-5H2,1H3,(H2,21,22,23,25)/t11-/m1/s1. The maximum absolute atomic E-state index is 12.4. The van der Waals surface area contributed by atoms with E-state index in [-0.39, 0.29) is 11.6 Å². The lowest BCUT2D eigenvalue weighted by Crippen LogP contribution is -2.17. The van der Waals surface area contributed by atoms with Gasteiger partial charge in [-0.3, -0.25) is 9.78 Å². The zero-order chi connectivity index (χ0) is 17.4. The largest absolute Gasteiger partial charge is 0.349 e. The molecule has 130 valence electrons. The fraction of sp³-hybridized carbons (Fsp3) is 0.389. The highest BCUT2D eigenvalue weighted by atomic mass is 35.5. The molecule has 25 heavy (non-hydrogen) atoms. The van der Waals surface area contributed by atoms with E-state index in [4.69, 9.17) is 11.6 Å². The van der Waals surface area contributed by atoms with Gasteiger partial charge in [-0.15, -0.1) is 0 Å². The SMILES string of the molecule is C[C@@H](Nc1nc2c(cnn2C2CCCC2)c(=O)[nH]1)c1ccc(Cl)cc1. The fourth-order valence-corrected chi connectivity index (χ4v) is 3.59. The number of aromatic amines is 1. The maximum atomic E-state index is 12.4. The highest BCUT2D eigenvalue weighted by Gasteiger charge is 2.21. The van der Waals surface area contributed by atoms with Crippen LogP contribution in [0.25, 0.3) is 11.0 Å². The van der Waals surface area contributed by atoms with Gasteiger partial charge in [-0.25, -0.2) is 4.68 Å². The van der Waals surface area contributed by atoms with Crippen molar-refractivity contribution in [2.24, 2.45) is 0 Å². The van der Waals surface area contributed by atoms with Crippen molar-refractivity contribution < 1.29 is 0 Å². The van der Waals surface area contributed by atoms with Gasteiger partial charge in [0.25, 0.3) is 5.56 Å². The third-order valence-electron chi connectivity index (χ3n) is 4.86. The van der Waals surface area contributed by atoms with Crippen molar-refractivity contribution in [1.29, 1.82) is 0 Å². The summed E-state index contributed by atoms with van der Waals surface area (Å²) in [5.74, 6) is 0.458. The van der Waals surface area contributed by atoms with Crippen LogP contribution in [-0.2, 0) is 0 Å². The van der Waals surface area contributed by atoms with Crippen molar-refractivity contribution in [2.45, 2.75) is 44.7 Å². The summed E-state index contributed by atoms with van der Waals surface area (Å²) in [7, 11) is 0. The lowest BCUT2D eigenvalue weighted by atomic mass is 10.1. The van der Waals surface area contributed by atoms with Gasteiger partial charge in [-0.1, -0.05) is 36.6 Å². The number of anilines is 1. The van der Waals surface area contributed by atoms with E-state index >= 15 is 0 Å². The van der Waals surface area contributed by atoms with Gasteiger partial charge in [0.05, 0.1) is 18.3 Å². The molecular weight excluding hydrogens is 338 g/mol. The van der Waals surface area contributed by atoms with Crippen LogP contribution >= 0.6 is 11.6 Å². The molecule has 0 radical (unpaired) electrons. The quantitative estimate of drug-likeness (QED) is 0.738. The second kappa shape index (κ2) is 6.52. The van der Waals surface area contributed by atoms with Gasteiger partial charge in [0.2, 0.25) is 5.95 Å². The Morgan fingerprint density at radius 2 is 2.00 bits per heavy atom. The van der Waals surface area contributed by atoms with Crippen molar-refractivity contribution in [3.8, 4) is 0 Å². The van der Waals surface area contributed by atoms with Crippen LogP contribution in [0.5, 0.6) is 0 Å². The summed E-state index contributed by atoms with van der Waals surface area (Å²) in [5.41, 5.74) is 1.55. The summed E-state index contributed by atoms with van der Waals surface area (Å²) in [5, 5.41) is 8.92. The highest BCUT2D eigenvalue weighted by molar-refractivity contribution is 6.30. The number of halogens is 1. The molecule has 1 atom stereocenters. The number of H-pyrrole nitrogens is 1. The van der Waals surface area contributed by atoms with Crippen LogP contribution in [0.15, 0.2) is 35.3 Å². The molecule has 2 N–H and O–H groups in total. The number of rotatable bonds is 4. The molecular formula is C18H20ClN5O. The molecule has 2 aromatic heterocycles. The minimum Gasteiger partial charge on any atom is -0.349 e. The average Bonchev–Trinajstić information content (AvgIpc) is 3.24. The minimum atomic E-state index is -0.167. The van der Waals surface area contributed by atoms with Gasteiger partial charge in [-0.05, 0) is 37.5 Å². The van der Waals surface area contributed by atoms with E-state index in [2.05, 4.69) is 20.4 Å². The summed E-state index contributed by atoms with van der Waals surface area (Å²) in [4.78, 5) is 19.8. The fourth-order valence-electron chi connectivity index (χ4n) is 3.46. The number of aromatic nitrogens is 4. The first-order chi connectivity index (χ1) is 12.1. The van der Waals surface area contributed by atoms with Crippen LogP contribution in [0.2, 0.25) is 5.02 Å². The first-order valence-electron chi connectivity index (χ1n) is 8.61. The first-order valence-corrected chi connectivity index (χ1v) is 8.99. The molecule has 7 heteroatoms. The van der Waals surface area contributed by atoms with Crippen molar-refractivity contribution >= 4 is 28.6 Å². The Kier molecular flexibility index (Phi) is 4.21. The maximum Gasteiger partial charge on any atom is 0.263 e. The van der Waals surface area contributed by atoms with Crippen LogP contribution in [0, 0.1) is 0 Å². The van der Waals surface area contributed by atoms with Crippen molar-refractivity contribution in [3.05, 3.63) is 51.4 Å². The number of hydrogen-bond acceptors (Lipinski definition) is 4. The number of benzene rings is 1. The zero-order valence-electron chi connectivity index (χ0n) is 14.0. The van der Waals surface area contributed by atoms with Crippen LogP contribution in [-0.4, -0.2) is 19.7 Å². The molecule has 0 unspecified atom stereocenters. The predicted octanol–water partition coefficient (Wildman–Crippen LogP) is 4.06. The number of nitrogens with one attached hydrogen (secondary N) is 2. The molecule has 0 saturated heterocycles. The Morgan fingerprint density at radius 1 is 1.28 bits per heavy atom. The Hall–Kier alpha value is -2.34. The van der Waals surface area contributed by atoms with Crippen molar-refractivity contribution in [3.63, 3.8) is 0 Å². The van der Waals surface area contributed by atoms with Gasteiger partial charge in [-0.2, -0.15) is 10.1 Å². The highest BCUT2D eigenvalue weighted by Crippen LogP contribution is 2.30. The number of hydrogen-bond donors (Lipinski definition) is 2. The Labute approximate surface area is 150 Å². The van der Waals surface area contributed by atoms with E-state index in [9.17, 15) is 4.79 Å². The third-order valence-corrected chi connectivity index (χ3v) is 5.11. The topological polar surface area (TPSA) is 75.6 Å². The van der Waals surface area contributed by atoms with E-state index in [1.807, 2.05) is 35.9 Å².